The van der Waals surface area contributed by atoms with Crippen LogP contribution in [0.25, 0.3) is 0 Å². The fourth-order valence-corrected chi connectivity index (χ4v) is 2.91. The summed E-state index contributed by atoms with van der Waals surface area (Å²) in [5.74, 6) is -0.316. The maximum Gasteiger partial charge on any atom is 0.341 e. The number of pyridine rings is 1. The largest absolute Gasteiger partial charge is 0.462 e. The molecule has 0 unspecified atom stereocenters. The van der Waals surface area contributed by atoms with Gasteiger partial charge in [0.1, 0.15) is 27.9 Å². The summed E-state index contributed by atoms with van der Waals surface area (Å²) in [7, 11) is 0. The first-order chi connectivity index (χ1) is 12.0. The molecule has 1 aliphatic rings. The minimum Gasteiger partial charge on any atom is -0.462 e. The Morgan fingerprint density at radius 2 is 2.16 bits per heavy atom. The molecule has 0 amide bonds. The fraction of sp³-hybridized carbons (Fsp3) is 0.235. The smallest absolute Gasteiger partial charge is 0.341 e. The molecule has 0 bridgehead atoms. The van der Waals surface area contributed by atoms with E-state index in [1.54, 1.807) is 23.6 Å². The SMILES string of the molecule is CCOC(=O)c1cc(C#N)c(=S)n2c1NCN(c1ccc(F)cc1)C2. The number of esters is 1. The second-order valence-electron chi connectivity index (χ2n) is 5.38. The van der Waals surface area contributed by atoms with Crippen molar-refractivity contribution in [3.8, 4) is 6.07 Å². The fourth-order valence-electron chi connectivity index (χ4n) is 2.65. The highest BCUT2D eigenvalue weighted by molar-refractivity contribution is 7.71. The van der Waals surface area contributed by atoms with Crippen molar-refractivity contribution in [2.45, 2.75) is 13.6 Å². The van der Waals surface area contributed by atoms with Gasteiger partial charge in [0.2, 0.25) is 0 Å². The summed E-state index contributed by atoms with van der Waals surface area (Å²) in [5, 5.41) is 12.5. The van der Waals surface area contributed by atoms with Gasteiger partial charge in [0.25, 0.3) is 0 Å². The van der Waals surface area contributed by atoms with Crippen LogP contribution in [0.2, 0.25) is 0 Å². The van der Waals surface area contributed by atoms with Crippen LogP contribution in [0.15, 0.2) is 30.3 Å². The van der Waals surface area contributed by atoms with Gasteiger partial charge in [0.05, 0.1) is 25.5 Å². The van der Waals surface area contributed by atoms with Crippen LogP contribution in [0, 0.1) is 21.8 Å². The van der Waals surface area contributed by atoms with E-state index in [-0.39, 0.29) is 23.6 Å². The number of halogens is 1. The molecule has 2 aromatic rings. The lowest BCUT2D eigenvalue weighted by atomic mass is 10.1. The second-order valence-corrected chi connectivity index (χ2v) is 5.77. The highest BCUT2D eigenvalue weighted by Crippen LogP contribution is 2.27. The molecular formula is C17H15FN4O2S. The minimum atomic E-state index is -0.513. The first-order valence-electron chi connectivity index (χ1n) is 7.64. The van der Waals surface area contributed by atoms with E-state index >= 15 is 0 Å². The summed E-state index contributed by atoms with van der Waals surface area (Å²) < 4.78 is 20.2. The molecule has 8 heteroatoms. The van der Waals surface area contributed by atoms with E-state index in [1.807, 2.05) is 11.0 Å². The lowest BCUT2D eigenvalue weighted by molar-refractivity contribution is 0.0526. The topological polar surface area (TPSA) is 70.3 Å². The highest BCUT2D eigenvalue weighted by atomic mass is 32.1. The number of carbonyl (C=O) groups is 1. The summed E-state index contributed by atoms with van der Waals surface area (Å²) >= 11 is 5.37. The molecule has 0 spiro atoms. The molecule has 128 valence electrons. The van der Waals surface area contributed by atoms with Crippen LogP contribution in [0.5, 0.6) is 0 Å². The van der Waals surface area contributed by atoms with Crippen LogP contribution in [0.1, 0.15) is 22.8 Å². The monoisotopic (exact) mass is 358 g/mol. The normalized spacial score (nSPS) is 12.8. The van der Waals surface area contributed by atoms with Crippen LogP contribution in [0.4, 0.5) is 15.9 Å². The van der Waals surface area contributed by atoms with E-state index in [1.165, 1.54) is 18.2 Å². The molecule has 0 radical (unpaired) electrons. The molecule has 0 fully saturated rings. The quantitative estimate of drug-likeness (QED) is 0.671. The van der Waals surface area contributed by atoms with Gasteiger partial charge in [-0.2, -0.15) is 5.26 Å². The Hall–Kier alpha value is -2.92. The Morgan fingerprint density at radius 3 is 2.80 bits per heavy atom. The zero-order chi connectivity index (χ0) is 18.0. The Bertz CT molecular complexity index is 918. The molecule has 6 nitrogen and oxygen atoms in total. The standard InChI is InChI=1S/C17H15FN4O2S/c1-2-24-17(23)14-7-11(8-19)16(25)22-10-21(9-20-15(14)22)13-5-3-12(18)4-6-13/h3-7,20H,2,9-10H2,1H3. The summed E-state index contributed by atoms with van der Waals surface area (Å²) in [6.45, 7) is 2.68. The van der Waals surface area contributed by atoms with Gasteiger partial charge in [0.15, 0.2) is 0 Å². The van der Waals surface area contributed by atoms with Crippen LogP contribution in [-0.4, -0.2) is 23.8 Å². The number of benzene rings is 1. The lowest BCUT2D eigenvalue weighted by Crippen LogP contribution is -2.39. The number of ether oxygens (including phenoxy) is 1. The van der Waals surface area contributed by atoms with Crippen molar-refractivity contribution in [1.29, 1.82) is 5.26 Å². The zero-order valence-electron chi connectivity index (χ0n) is 13.5. The van der Waals surface area contributed by atoms with Gasteiger partial charge in [-0.05, 0) is 37.3 Å². The predicted octanol–water partition coefficient (Wildman–Crippen LogP) is 3.25. The molecule has 0 saturated carbocycles. The predicted molar refractivity (Wildman–Crippen MR) is 93.3 cm³/mol. The van der Waals surface area contributed by atoms with Crippen LogP contribution < -0.4 is 10.2 Å². The third kappa shape index (κ3) is 3.19. The molecule has 2 heterocycles. The summed E-state index contributed by atoms with van der Waals surface area (Å²) in [6, 6.07) is 9.53. The molecule has 0 aliphatic carbocycles. The van der Waals surface area contributed by atoms with Crippen molar-refractivity contribution in [1.82, 2.24) is 4.57 Å². The van der Waals surface area contributed by atoms with Crippen molar-refractivity contribution >= 4 is 29.7 Å². The van der Waals surface area contributed by atoms with Crippen LogP contribution in [0.3, 0.4) is 0 Å². The van der Waals surface area contributed by atoms with E-state index in [2.05, 4.69) is 5.32 Å². The molecule has 1 aromatic heterocycles. The molecule has 1 N–H and O–H groups in total. The summed E-state index contributed by atoms with van der Waals surface area (Å²) in [4.78, 5) is 14.1. The number of carbonyl (C=O) groups excluding carboxylic acids is 1. The number of hydrogen-bond acceptors (Lipinski definition) is 6. The number of nitrogens with zero attached hydrogens (tertiary/aromatic N) is 3. The first-order valence-corrected chi connectivity index (χ1v) is 8.05. The van der Waals surface area contributed by atoms with E-state index in [4.69, 9.17) is 17.0 Å². The third-order valence-electron chi connectivity index (χ3n) is 3.85. The van der Waals surface area contributed by atoms with Gasteiger partial charge < -0.3 is 15.0 Å². The molecule has 0 saturated heterocycles. The number of nitriles is 1. The number of fused-ring (bicyclic) bond motifs is 1. The van der Waals surface area contributed by atoms with Gasteiger partial charge in [-0.15, -0.1) is 0 Å². The number of rotatable bonds is 3. The van der Waals surface area contributed by atoms with Crippen molar-refractivity contribution in [3.63, 3.8) is 0 Å². The number of nitrogens with one attached hydrogen (secondary N) is 1. The molecule has 1 aromatic carbocycles. The van der Waals surface area contributed by atoms with Gasteiger partial charge in [0, 0.05) is 5.69 Å². The van der Waals surface area contributed by atoms with Crippen LogP contribution in [-0.2, 0) is 11.4 Å². The Kier molecular flexibility index (Phi) is 4.67. The first kappa shape index (κ1) is 16.9. The van der Waals surface area contributed by atoms with Crippen molar-refractivity contribution in [3.05, 3.63) is 51.9 Å². The Balaban J connectivity index is 2.05. The second kappa shape index (κ2) is 6.91. The number of aromatic nitrogens is 1. The maximum absolute atomic E-state index is 13.1. The van der Waals surface area contributed by atoms with Crippen molar-refractivity contribution < 1.29 is 13.9 Å². The number of anilines is 2. The van der Waals surface area contributed by atoms with Crippen molar-refractivity contribution in [2.24, 2.45) is 0 Å². The molecule has 1 aliphatic heterocycles. The highest BCUT2D eigenvalue weighted by Gasteiger charge is 2.24. The van der Waals surface area contributed by atoms with E-state index in [0.29, 0.717) is 23.8 Å². The average molecular weight is 358 g/mol. The van der Waals surface area contributed by atoms with Gasteiger partial charge >= 0.3 is 5.97 Å². The average Bonchev–Trinajstić information content (AvgIpc) is 2.63. The summed E-state index contributed by atoms with van der Waals surface area (Å²) in [5.41, 5.74) is 1.29. The molecule has 0 atom stereocenters. The zero-order valence-corrected chi connectivity index (χ0v) is 14.3. The lowest BCUT2D eigenvalue weighted by Gasteiger charge is -2.34. The van der Waals surface area contributed by atoms with E-state index in [0.717, 1.165) is 5.69 Å². The van der Waals surface area contributed by atoms with Crippen molar-refractivity contribution in [2.75, 3.05) is 23.5 Å². The van der Waals surface area contributed by atoms with Gasteiger partial charge in [-0.25, -0.2) is 9.18 Å². The van der Waals surface area contributed by atoms with E-state index in [9.17, 15) is 14.4 Å². The Labute approximate surface area is 149 Å². The Morgan fingerprint density at radius 1 is 1.44 bits per heavy atom. The van der Waals surface area contributed by atoms with Gasteiger partial charge in [-0.1, -0.05) is 12.2 Å². The van der Waals surface area contributed by atoms with Crippen LogP contribution >= 0.6 is 12.2 Å². The minimum absolute atomic E-state index is 0.226. The third-order valence-corrected chi connectivity index (χ3v) is 4.29. The summed E-state index contributed by atoms with van der Waals surface area (Å²) in [6.07, 6.45) is 0. The molecule has 25 heavy (non-hydrogen) atoms. The van der Waals surface area contributed by atoms with E-state index < -0.39 is 5.97 Å². The maximum atomic E-state index is 13.1. The molecular weight excluding hydrogens is 343 g/mol. The molecule has 3 rings (SSSR count). The van der Waals surface area contributed by atoms with Gasteiger partial charge in [-0.3, -0.25) is 4.57 Å². The number of hydrogen-bond donors (Lipinski definition) is 1.